The van der Waals surface area contributed by atoms with Crippen LogP contribution in [0.15, 0.2) is 0 Å². The maximum atomic E-state index is 12.8. The monoisotopic (exact) mass is 1780 g/mol. The Morgan fingerprint density at radius 3 is 1.03 bits per heavy atom. The molecule has 12 aliphatic heterocycles. The van der Waals surface area contributed by atoms with Crippen LogP contribution in [-0.4, -0.2) is 310 Å². The highest BCUT2D eigenvalue weighted by Crippen LogP contribution is 2.50. The van der Waals surface area contributed by atoms with Crippen molar-refractivity contribution < 1.29 is 4.79 Å². The van der Waals surface area contributed by atoms with Crippen molar-refractivity contribution in [2.75, 3.05) is 196 Å². The highest BCUT2D eigenvalue weighted by Gasteiger charge is 2.57. The quantitative estimate of drug-likeness (QED) is 0.198. The van der Waals surface area contributed by atoms with Crippen LogP contribution in [0.5, 0.6) is 0 Å². The van der Waals surface area contributed by atoms with Crippen LogP contribution in [0.25, 0.3) is 0 Å². The first-order chi connectivity index (χ1) is 57.3. The van der Waals surface area contributed by atoms with Crippen LogP contribution in [0, 0.1) is 77.8 Å². The van der Waals surface area contributed by atoms with Crippen LogP contribution >= 0.6 is 0 Å². The maximum absolute atomic E-state index is 12.8. The molecule has 0 aromatic carbocycles. The zero-order chi connectivity index (χ0) is 96.6. The van der Waals surface area contributed by atoms with Gasteiger partial charge in [-0.15, -0.1) is 0 Å². The second-order valence-corrected chi connectivity index (χ2v) is 59.9. The summed E-state index contributed by atoms with van der Waals surface area (Å²) in [5.41, 5.74) is 7.94. The Hall–Kier alpha value is -1.01. The fourth-order valence-electron chi connectivity index (χ4n) is 22.6. The third-order valence-corrected chi connectivity index (χ3v) is 33.5. The van der Waals surface area contributed by atoms with Gasteiger partial charge in [0.1, 0.15) is 0 Å². The van der Waals surface area contributed by atoms with Gasteiger partial charge in [0.05, 0.1) is 6.54 Å². The van der Waals surface area contributed by atoms with Gasteiger partial charge in [0.25, 0.3) is 0 Å². The van der Waals surface area contributed by atoms with Gasteiger partial charge in [-0.1, -0.05) is 132 Å². The molecule has 12 fully saturated rings. The minimum atomic E-state index is 0.311. The molecule has 0 aromatic rings. The maximum Gasteiger partial charge on any atom is 0.236 e. The third-order valence-electron chi connectivity index (χ3n) is 33.5. The van der Waals surface area contributed by atoms with Crippen molar-refractivity contribution in [2.24, 2.45) is 77.8 Å². The van der Waals surface area contributed by atoms with E-state index in [2.05, 4.69) is 361 Å². The van der Waals surface area contributed by atoms with Crippen LogP contribution in [0.1, 0.15) is 407 Å². The molecule has 750 valence electrons. The summed E-state index contributed by atoms with van der Waals surface area (Å²) in [6.07, 6.45) is 23.0. The van der Waals surface area contributed by atoms with Crippen LogP contribution in [0.2, 0.25) is 0 Å². The summed E-state index contributed by atoms with van der Waals surface area (Å²) in [5, 5.41) is 0. The van der Waals surface area contributed by atoms with Gasteiger partial charge in [-0.2, -0.15) is 0 Å². The fraction of sp³-hybridized carbons (Fsp3) is 0.991. The summed E-state index contributed by atoms with van der Waals surface area (Å²) in [5.74, 6) is 4.02. The molecule has 127 heavy (non-hydrogen) atoms. The molecule has 14 nitrogen and oxygen atoms in total. The first-order valence-corrected chi connectivity index (χ1v) is 53.5. The first-order valence-electron chi connectivity index (χ1n) is 53.5. The molecule has 0 unspecified atom stereocenters. The van der Waals surface area contributed by atoms with Crippen LogP contribution < -0.4 is 0 Å². The van der Waals surface area contributed by atoms with Gasteiger partial charge in [0, 0.05) is 179 Å². The van der Waals surface area contributed by atoms with Gasteiger partial charge < -0.3 is 19.6 Å². The molecule has 12 aliphatic rings. The first kappa shape index (κ1) is 115. The summed E-state index contributed by atoms with van der Waals surface area (Å²) < 4.78 is 0. The van der Waals surface area contributed by atoms with E-state index in [1.165, 1.54) is 247 Å². The van der Waals surface area contributed by atoms with Crippen molar-refractivity contribution in [3.05, 3.63) is 0 Å². The van der Waals surface area contributed by atoms with E-state index in [1.54, 1.807) is 0 Å². The Kier molecular flexibility index (Phi) is 40.1. The molecule has 12 heterocycles. The second kappa shape index (κ2) is 44.4. The van der Waals surface area contributed by atoms with E-state index in [0.29, 0.717) is 111 Å². The van der Waals surface area contributed by atoms with Gasteiger partial charge in [-0.05, 0) is 408 Å². The molecule has 0 radical (unpaired) electrons. The van der Waals surface area contributed by atoms with Crippen LogP contribution in [0.4, 0.5) is 0 Å². The number of hydrogen-bond acceptors (Lipinski definition) is 13. The number of piperidine rings is 6. The Labute approximate surface area is 795 Å². The molecular weight excluding hydrogens is 1560 g/mol. The van der Waals surface area contributed by atoms with Crippen molar-refractivity contribution in [2.45, 2.75) is 451 Å². The number of likely N-dealkylation sites (tertiary alicyclic amines) is 11. The summed E-state index contributed by atoms with van der Waals surface area (Å²) in [6, 6.07) is 0. The molecule has 12 saturated heterocycles. The standard InChI is InChI=1S/C23H45N3O.C19H38N2.C17H34N2.C16H32N2.C14H29N.C13H26N2.C11H23N/c1-21(2,3)9-8-12-24-15-17-25(18-16-24)19-20(27)26-13-10-23(7,11-14-26)22(4,5)6;1-18(2,3)17-9-12-20(13-10-17)14-16-8-7-11-21(15-16)19(4,5)6;1-15(2,3)18-12-9-17(10-13-18)8-7-11-19(14-17)16(4,5)6;1-14(2,3)8-7-9-17-10-16(11-17)12-18(13-16)15(4,5)6;1-13(2,3)11-12-7-9-15(10-8-12)14(4,5)6;1-11(2,3)14-7-13(8-14)9-15(10-13)12(4,5)6;1-10(2,3)9-7-12(8-9)11(4,5)6/h8-19H2,1-7H3;16-17H,7-15H2,1-6H3;7-14H2,1-6H3;7-13H2,1-6H3;12H,7-11H2,1-6H3;7-10H2,1-6H3;9H,7-8H2,1-6H3/t;16-;;;;;/m.0...../s1. The summed E-state index contributed by atoms with van der Waals surface area (Å²) in [6.45, 7) is 138. The van der Waals surface area contributed by atoms with Gasteiger partial charge >= 0.3 is 0 Å². The third kappa shape index (κ3) is 38.0. The highest BCUT2D eigenvalue weighted by molar-refractivity contribution is 5.78. The van der Waals surface area contributed by atoms with Crippen molar-refractivity contribution >= 4 is 5.91 Å². The smallest absolute Gasteiger partial charge is 0.236 e. The Morgan fingerprint density at radius 1 is 0.283 bits per heavy atom. The van der Waals surface area contributed by atoms with E-state index >= 15 is 0 Å². The van der Waals surface area contributed by atoms with Crippen molar-refractivity contribution in [3.63, 3.8) is 0 Å². The SMILES string of the molecule is CC(C)(C)C1CCN(C[C@@H]2CCCN(C(C)(C)C)C2)CC1.CC(C)(C)C1CN(C(C)(C)C)C1.CC(C)(C)CC1CCN(C(C)(C)C)CC1.CC(C)(C)CCCN1CC2(C1)CN(C(C)(C)C)C2.CC(C)(C)CCCN1CCN(CC(=O)N2CCC(C)(C(C)(C)C)CC2)CC1.CC(C)(C)N1CC2(C1)CN(C(C)(C)C)C2.CC(C)(C)N1CCC2(CCCN(C(C)(C)C)C2)CC1. The van der Waals surface area contributed by atoms with Crippen molar-refractivity contribution in [3.8, 4) is 0 Å². The number of carbonyl (C=O) groups is 1. The van der Waals surface area contributed by atoms with Crippen molar-refractivity contribution in [1.82, 2.24) is 63.7 Å². The molecule has 12 rings (SSSR count). The molecule has 0 N–H and O–H groups in total. The number of hydrogen-bond donors (Lipinski definition) is 0. The average molecular weight is 1780 g/mol. The molecule has 0 saturated carbocycles. The van der Waals surface area contributed by atoms with E-state index in [0.717, 1.165) is 75.8 Å². The Balaban J connectivity index is 0.000000232. The number of rotatable bonds is 11. The highest BCUT2D eigenvalue weighted by atomic mass is 16.2. The van der Waals surface area contributed by atoms with E-state index in [4.69, 9.17) is 0 Å². The summed E-state index contributed by atoms with van der Waals surface area (Å²) in [4.78, 5) is 46.3. The minimum absolute atomic E-state index is 0.311. The predicted molar refractivity (Wildman–Crippen MR) is 558 cm³/mol. The Bertz CT molecular complexity index is 3080. The van der Waals surface area contributed by atoms with E-state index in [1.807, 2.05) is 0 Å². The Morgan fingerprint density at radius 2 is 0.654 bits per heavy atom. The van der Waals surface area contributed by atoms with Crippen molar-refractivity contribution in [1.29, 1.82) is 0 Å². The topological polar surface area (TPSA) is 59.2 Å². The van der Waals surface area contributed by atoms with Gasteiger partial charge in [-0.3, -0.25) is 48.9 Å². The molecule has 0 aliphatic carbocycles. The lowest BCUT2D eigenvalue weighted by atomic mass is 9.63. The van der Waals surface area contributed by atoms with Gasteiger partial charge in [-0.25, -0.2) is 0 Å². The fourth-order valence-corrected chi connectivity index (χ4v) is 22.6. The molecule has 1 amide bonds. The zero-order valence-corrected chi connectivity index (χ0v) is 94.3. The molecule has 3 spiro atoms. The van der Waals surface area contributed by atoms with E-state index in [9.17, 15) is 4.79 Å². The summed E-state index contributed by atoms with van der Waals surface area (Å²) in [7, 11) is 0. The number of carbonyl (C=O) groups excluding carboxylic acids is 1. The zero-order valence-electron chi connectivity index (χ0n) is 94.3. The number of piperazine rings is 1. The lowest BCUT2D eigenvalue weighted by molar-refractivity contribution is -0.167. The van der Waals surface area contributed by atoms with Crippen LogP contribution in [0.3, 0.4) is 0 Å². The summed E-state index contributed by atoms with van der Waals surface area (Å²) >= 11 is 0. The second-order valence-electron chi connectivity index (χ2n) is 59.9. The molecule has 14 heteroatoms. The predicted octanol–water partition coefficient (Wildman–Crippen LogP) is 24.2. The number of amides is 1. The van der Waals surface area contributed by atoms with Gasteiger partial charge in [0.15, 0.2) is 0 Å². The van der Waals surface area contributed by atoms with Gasteiger partial charge in [0.2, 0.25) is 5.91 Å². The van der Waals surface area contributed by atoms with E-state index < -0.39 is 0 Å². The molecule has 0 aromatic heterocycles. The number of nitrogens with zero attached hydrogens (tertiary/aromatic N) is 13. The molecule has 0 bridgehead atoms. The molecular formula is C113H227N13O. The van der Waals surface area contributed by atoms with Crippen LogP contribution in [-0.2, 0) is 4.79 Å². The minimum Gasteiger partial charge on any atom is -0.342 e. The molecule has 1 atom stereocenters. The lowest BCUT2D eigenvalue weighted by Crippen LogP contribution is -2.76. The average Bonchev–Trinajstić information content (AvgIpc) is 0.731. The largest absolute Gasteiger partial charge is 0.342 e. The lowest BCUT2D eigenvalue weighted by Gasteiger charge is -2.66. The van der Waals surface area contributed by atoms with E-state index in [-0.39, 0.29) is 0 Å². The normalized spacial score (nSPS) is 25.0.